The lowest BCUT2D eigenvalue weighted by Crippen LogP contribution is -2.06. The molecule has 0 aliphatic carbocycles. The highest BCUT2D eigenvalue weighted by Gasteiger charge is 2.20. The Hall–Kier alpha value is -3.90. The fourth-order valence-corrected chi connectivity index (χ4v) is 5.07. The van der Waals surface area contributed by atoms with Crippen LogP contribution in [-0.4, -0.2) is 0 Å². The zero-order chi connectivity index (χ0) is 25.1. The first-order chi connectivity index (χ1) is 17.5. The van der Waals surface area contributed by atoms with Gasteiger partial charge in [0.15, 0.2) is 0 Å². The summed E-state index contributed by atoms with van der Waals surface area (Å²) in [6.07, 6.45) is 0. The summed E-state index contributed by atoms with van der Waals surface area (Å²) in [6, 6.07) is 45.2. The summed E-state index contributed by atoms with van der Waals surface area (Å²) < 4.78 is 0. The van der Waals surface area contributed by atoms with Gasteiger partial charge in [-0.15, -0.1) is 0 Å². The minimum atomic E-state index is 0.206. The minimum absolute atomic E-state index is 0.206. The third-order valence-corrected chi connectivity index (χ3v) is 7.25. The average Bonchev–Trinajstić information content (AvgIpc) is 2.90. The molecule has 0 aromatic heterocycles. The molecular weight excluding hydrogens is 432 g/mol. The number of rotatable bonds is 6. The van der Waals surface area contributed by atoms with E-state index in [1.165, 1.54) is 55.6 Å². The molecule has 0 aliphatic rings. The molecule has 0 fully saturated rings. The van der Waals surface area contributed by atoms with Crippen LogP contribution in [0.3, 0.4) is 0 Å². The lowest BCUT2D eigenvalue weighted by atomic mass is 9.81. The molecule has 0 saturated heterocycles. The minimum Gasteiger partial charge on any atom is -0.0590 e. The molecule has 5 rings (SSSR count). The summed E-state index contributed by atoms with van der Waals surface area (Å²) in [6.45, 7) is 8.59. The van der Waals surface area contributed by atoms with Crippen molar-refractivity contribution >= 4 is 0 Å². The van der Waals surface area contributed by atoms with Crippen molar-refractivity contribution in [2.24, 2.45) is 0 Å². The van der Waals surface area contributed by atoms with Gasteiger partial charge in [-0.3, -0.25) is 0 Å². The van der Waals surface area contributed by atoms with Gasteiger partial charge in [-0.25, -0.2) is 0 Å². The van der Waals surface area contributed by atoms with E-state index in [4.69, 9.17) is 0 Å². The summed E-state index contributed by atoms with van der Waals surface area (Å²) in [7, 11) is 0. The lowest BCUT2D eigenvalue weighted by molar-refractivity contribution is 0.949. The van der Waals surface area contributed by atoms with Gasteiger partial charge in [-0.05, 0) is 61.1 Å². The van der Waals surface area contributed by atoms with Gasteiger partial charge >= 0.3 is 0 Å². The molecule has 36 heavy (non-hydrogen) atoms. The van der Waals surface area contributed by atoms with Crippen molar-refractivity contribution in [3.05, 3.63) is 177 Å². The molecule has 0 heterocycles. The fraction of sp³-hybridized carbons (Fsp3) is 0.167. The van der Waals surface area contributed by atoms with Crippen molar-refractivity contribution in [2.75, 3.05) is 0 Å². The molecule has 0 nitrogen and oxygen atoms in total. The number of aryl methyl sites for hydroxylation is 4. The molecule has 0 N–H and O–H groups in total. The molecule has 0 saturated carbocycles. The van der Waals surface area contributed by atoms with Crippen molar-refractivity contribution in [3.63, 3.8) is 0 Å². The van der Waals surface area contributed by atoms with E-state index < -0.39 is 0 Å². The van der Waals surface area contributed by atoms with Crippen LogP contribution in [-0.2, 0) is 0 Å². The van der Waals surface area contributed by atoms with Crippen molar-refractivity contribution in [1.29, 1.82) is 0 Å². The van der Waals surface area contributed by atoms with Crippen LogP contribution in [0.15, 0.2) is 121 Å². The van der Waals surface area contributed by atoms with E-state index in [1.807, 2.05) is 0 Å². The van der Waals surface area contributed by atoms with Gasteiger partial charge in [0.2, 0.25) is 0 Å². The Labute approximate surface area is 216 Å². The molecule has 0 bridgehead atoms. The Balaban J connectivity index is 1.57. The fourth-order valence-electron chi connectivity index (χ4n) is 5.07. The van der Waals surface area contributed by atoms with Crippen LogP contribution in [0.5, 0.6) is 0 Å². The van der Waals surface area contributed by atoms with Crippen molar-refractivity contribution in [1.82, 2.24) is 0 Å². The Morgan fingerprint density at radius 3 is 0.556 bits per heavy atom. The summed E-state index contributed by atoms with van der Waals surface area (Å²) in [5.74, 6) is 0.412. The third-order valence-electron chi connectivity index (χ3n) is 7.25. The summed E-state index contributed by atoms with van der Waals surface area (Å²) in [5, 5.41) is 0. The summed E-state index contributed by atoms with van der Waals surface area (Å²) in [5.41, 5.74) is 13.1. The Morgan fingerprint density at radius 2 is 0.389 bits per heavy atom. The van der Waals surface area contributed by atoms with Gasteiger partial charge < -0.3 is 0 Å². The quantitative estimate of drug-likeness (QED) is 0.219. The van der Waals surface area contributed by atoms with E-state index in [2.05, 4.69) is 149 Å². The molecule has 0 unspecified atom stereocenters. The molecule has 0 radical (unpaired) electrons. The van der Waals surface area contributed by atoms with Crippen LogP contribution < -0.4 is 0 Å². The molecular formula is C36H34. The second kappa shape index (κ2) is 10.4. The Kier molecular flexibility index (Phi) is 6.87. The van der Waals surface area contributed by atoms with E-state index in [0.29, 0.717) is 0 Å². The molecule has 0 heteroatoms. The second-order valence-electron chi connectivity index (χ2n) is 10.2. The first-order valence-corrected chi connectivity index (χ1v) is 12.8. The lowest BCUT2D eigenvalue weighted by Gasteiger charge is -2.22. The van der Waals surface area contributed by atoms with Crippen LogP contribution >= 0.6 is 0 Å². The van der Waals surface area contributed by atoms with E-state index in [9.17, 15) is 0 Å². The predicted molar refractivity (Wildman–Crippen MR) is 153 cm³/mol. The van der Waals surface area contributed by atoms with E-state index in [0.717, 1.165) is 0 Å². The first-order valence-electron chi connectivity index (χ1n) is 12.8. The molecule has 0 spiro atoms. The predicted octanol–water partition coefficient (Wildman–Crippen LogP) is 9.28. The molecule has 5 aromatic carbocycles. The third kappa shape index (κ3) is 5.19. The van der Waals surface area contributed by atoms with Crippen molar-refractivity contribution in [2.45, 2.75) is 39.5 Å². The topological polar surface area (TPSA) is 0 Å². The zero-order valence-corrected chi connectivity index (χ0v) is 21.7. The highest BCUT2D eigenvalue weighted by atomic mass is 14.2. The number of hydrogen-bond acceptors (Lipinski definition) is 0. The highest BCUT2D eigenvalue weighted by Crippen LogP contribution is 2.36. The van der Waals surface area contributed by atoms with Crippen LogP contribution in [0.4, 0.5) is 0 Å². The van der Waals surface area contributed by atoms with E-state index >= 15 is 0 Å². The normalized spacial score (nSPS) is 11.3. The Morgan fingerprint density at radius 1 is 0.250 bits per heavy atom. The van der Waals surface area contributed by atoms with E-state index in [-0.39, 0.29) is 11.8 Å². The molecule has 0 aliphatic heterocycles. The smallest absolute Gasteiger partial charge is 0.0339 e. The Bertz CT molecular complexity index is 1200. The molecule has 0 atom stereocenters. The van der Waals surface area contributed by atoms with Crippen LogP contribution in [0.2, 0.25) is 0 Å². The number of benzene rings is 5. The first kappa shape index (κ1) is 23.8. The summed E-state index contributed by atoms with van der Waals surface area (Å²) in [4.78, 5) is 0. The largest absolute Gasteiger partial charge is 0.0590 e. The maximum Gasteiger partial charge on any atom is 0.0339 e. The molecule has 178 valence electrons. The standard InChI is InChI=1S/C36H34/c1-25-5-13-29(14-6-25)35(30-15-7-26(2)8-16-30)33-21-23-34(24-22-33)36(31-17-9-27(3)10-18-31)32-19-11-28(4)12-20-32/h5-24,35-36H,1-4H3. The SMILES string of the molecule is Cc1ccc(C(c2ccc(C)cc2)c2ccc(C(c3ccc(C)cc3)c3ccc(C)cc3)cc2)cc1. The van der Waals surface area contributed by atoms with Crippen LogP contribution in [0.1, 0.15) is 67.5 Å². The molecule has 0 amide bonds. The maximum absolute atomic E-state index is 2.33. The highest BCUT2D eigenvalue weighted by molar-refractivity contribution is 5.48. The zero-order valence-electron chi connectivity index (χ0n) is 21.7. The van der Waals surface area contributed by atoms with Gasteiger partial charge in [0, 0.05) is 11.8 Å². The maximum atomic E-state index is 2.33. The van der Waals surface area contributed by atoms with Gasteiger partial charge in [0.05, 0.1) is 0 Å². The average molecular weight is 467 g/mol. The molecule has 5 aromatic rings. The monoisotopic (exact) mass is 466 g/mol. The van der Waals surface area contributed by atoms with Gasteiger partial charge in [-0.1, -0.05) is 144 Å². The summed E-state index contributed by atoms with van der Waals surface area (Å²) >= 11 is 0. The van der Waals surface area contributed by atoms with Gasteiger partial charge in [0.25, 0.3) is 0 Å². The second-order valence-corrected chi connectivity index (χ2v) is 10.2. The number of hydrogen-bond donors (Lipinski definition) is 0. The van der Waals surface area contributed by atoms with Gasteiger partial charge in [0.1, 0.15) is 0 Å². The van der Waals surface area contributed by atoms with Crippen LogP contribution in [0, 0.1) is 27.7 Å². The van der Waals surface area contributed by atoms with Crippen LogP contribution in [0.25, 0.3) is 0 Å². The van der Waals surface area contributed by atoms with Crippen molar-refractivity contribution in [3.8, 4) is 0 Å². The van der Waals surface area contributed by atoms with E-state index in [1.54, 1.807) is 0 Å². The van der Waals surface area contributed by atoms with Gasteiger partial charge in [-0.2, -0.15) is 0 Å². The van der Waals surface area contributed by atoms with Crippen molar-refractivity contribution < 1.29 is 0 Å².